The van der Waals surface area contributed by atoms with E-state index in [4.69, 9.17) is 46.8 Å². The molecule has 0 amide bonds. The molecule has 0 spiro atoms. The quantitative estimate of drug-likeness (QED) is 0.208. The van der Waals surface area contributed by atoms with Crippen molar-refractivity contribution < 1.29 is 50.7 Å². The maximum absolute atomic E-state index is 9.20. The summed E-state index contributed by atoms with van der Waals surface area (Å²) in [5, 5.41) is 81.4. The van der Waals surface area contributed by atoms with Gasteiger partial charge < -0.3 is 62.2 Å². The monoisotopic (exact) mass is 374 g/mol. The van der Waals surface area contributed by atoms with Gasteiger partial charge in [-0.15, -0.1) is 0 Å². The van der Waals surface area contributed by atoms with Crippen LogP contribution in [0.5, 0.6) is 0 Å². The van der Waals surface area contributed by atoms with E-state index < -0.39 is 67.8 Å². The Balaban J connectivity index is 0.000000462. The van der Waals surface area contributed by atoms with E-state index in [1.165, 1.54) is 6.92 Å². The first kappa shape index (κ1) is 24.5. The Labute approximate surface area is 144 Å². The van der Waals surface area contributed by atoms with Crippen LogP contribution in [0.3, 0.4) is 0 Å². The van der Waals surface area contributed by atoms with Gasteiger partial charge in [0.05, 0.1) is 24.9 Å². The molecule has 0 aromatic heterocycles. The van der Waals surface area contributed by atoms with Crippen molar-refractivity contribution in [2.24, 2.45) is 11.5 Å². The van der Waals surface area contributed by atoms with Crippen molar-refractivity contribution in [3.63, 3.8) is 0 Å². The van der Waals surface area contributed by atoms with Gasteiger partial charge in [0.25, 0.3) is 0 Å². The fourth-order valence-electron chi connectivity index (χ4n) is 1.97. The Morgan fingerprint density at radius 1 is 0.920 bits per heavy atom. The number of rotatable bonds is 6. The molecule has 10 atom stereocenters. The predicted octanol–water partition coefficient (Wildman–Crippen LogP) is -6.49. The van der Waals surface area contributed by atoms with Gasteiger partial charge in [-0.05, 0) is 6.92 Å². The van der Waals surface area contributed by atoms with Crippen LogP contribution in [0.25, 0.3) is 0 Å². The van der Waals surface area contributed by atoms with Crippen molar-refractivity contribution in [1.29, 1.82) is 0 Å². The largest absolute Gasteiger partial charge is 0.394 e. The molecule has 1 rings (SSSR count). The molecular weight excluding hydrogens is 344 g/mol. The summed E-state index contributed by atoms with van der Waals surface area (Å²) in [4.78, 5) is 0. The average molecular weight is 374 g/mol. The lowest BCUT2D eigenvalue weighted by Gasteiger charge is -2.38. The Morgan fingerprint density at radius 3 is 1.84 bits per heavy atom. The Hall–Kier alpha value is -0.480. The summed E-state index contributed by atoms with van der Waals surface area (Å²) in [5.41, 5.74) is 10.3. The van der Waals surface area contributed by atoms with Gasteiger partial charge in [0.15, 0.2) is 6.29 Å². The highest BCUT2D eigenvalue weighted by Crippen LogP contribution is 2.17. The first-order chi connectivity index (χ1) is 11.5. The lowest BCUT2D eigenvalue weighted by molar-refractivity contribution is -0.248. The Morgan fingerprint density at radius 2 is 1.44 bits per heavy atom. The molecule has 0 aromatic rings. The molecule has 1 fully saturated rings. The summed E-state index contributed by atoms with van der Waals surface area (Å²) in [6.07, 6.45) is -12.0. The summed E-state index contributed by atoms with van der Waals surface area (Å²) in [6, 6.07) is -1.04. The van der Waals surface area contributed by atoms with Crippen molar-refractivity contribution >= 4 is 0 Å². The van der Waals surface area contributed by atoms with Gasteiger partial charge in [-0.25, -0.2) is 0 Å². The minimum absolute atomic E-state index is 0.231. The molecule has 0 aromatic carbocycles. The number of nitrogens with two attached hydrogens (primary N) is 2. The molecule has 25 heavy (non-hydrogen) atoms. The fourth-order valence-corrected chi connectivity index (χ4v) is 1.97. The first-order valence-electron chi connectivity index (χ1n) is 7.66. The highest BCUT2D eigenvalue weighted by molar-refractivity contribution is 4.90. The van der Waals surface area contributed by atoms with Crippen molar-refractivity contribution in [3.8, 4) is 0 Å². The van der Waals surface area contributed by atoms with E-state index in [0.717, 1.165) is 0 Å². The van der Waals surface area contributed by atoms with Crippen LogP contribution in [0, 0.1) is 0 Å². The van der Waals surface area contributed by atoms with Crippen molar-refractivity contribution in [3.05, 3.63) is 0 Å². The number of hydrogen-bond donors (Lipinski definition) is 11. The van der Waals surface area contributed by atoms with Gasteiger partial charge in [-0.2, -0.15) is 0 Å². The lowest BCUT2D eigenvalue weighted by Crippen LogP contribution is -2.61. The van der Waals surface area contributed by atoms with Crippen LogP contribution in [-0.2, 0) is 4.74 Å². The van der Waals surface area contributed by atoms with Gasteiger partial charge >= 0.3 is 0 Å². The van der Waals surface area contributed by atoms with E-state index in [9.17, 15) is 15.3 Å². The molecule has 1 heterocycles. The van der Waals surface area contributed by atoms with Crippen LogP contribution in [0.1, 0.15) is 6.92 Å². The van der Waals surface area contributed by atoms with E-state index in [2.05, 4.69) is 0 Å². The molecule has 152 valence electrons. The van der Waals surface area contributed by atoms with Crippen LogP contribution in [0.15, 0.2) is 0 Å². The molecule has 0 saturated carbocycles. The second-order valence-electron chi connectivity index (χ2n) is 5.82. The normalized spacial score (nSPS) is 35.8. The smallest absolute Gasteiger partial charge is 0.173 e. The van der Waals surface area contributed by atoms with Gasteiger partial charge in [-0.3, -0.25) is 0 Å². The molecule has 12 nitrogen and oxygen atoms in total. The zero-order chi connectivity index (χ0) is 19.9. The standard InChI is InChI=1S/C7H17NO5.C6H13NO5/c1-3(9)5(11)7(13)6(12)4(10)2-8;7-3-5(10)4(9)2(1-8)12-6(3)11/h3-7,9-13H,2,8H2,1H3;2-6,8-11H,1,7H2/t;2-,3-,4-,5-,6-/m.1/s1. The summed E-state index contributed by atoms with van der Waals surface area (Å²) >= 11 is 0. The molecule has 0 aliphatic carbocycles. The summed E-state index contributed by atoms with van der Waals surface area (Å²) in [6.45, 7) is 0.558. The van der Waals surface area contributed by atoms with Crippen LogP contribution < -0.4 is 11.5 Å². The third-order valence-corrected chi connectivity index (χ3v) is 3.78. The maximum Gasteiger partial charge on any atom is 0.173 e. The molecule has 5 unspecified atom stereocenters. The zero-order valence-corrected chi connectivity index (χ0v) is 13.8. The predicted molar refractivity (Wildman–Crippen MR) is 82.7 cm³/mol. The van der Waals surface area contributed by atoms with Gasteiger partial charge in [0, 0.05) is 6.54 Å². The van der Waals surface area contributed by atoms with Crippen LogP contribution >= 0.6 is 0 Å². The summed E-state index contributed by atoms with van der Waals surface area (Å²) < 4.78 is 4.70. The molecule has 0 bridgehead atoms. The minimum Gasteiger partial charge on any atom is -0.394 e. The van der Waals surface area contributed by atoms with Crippen LogP contribution in [-0.4, -0.2) is 120 Å². The average Bonchev–Trinajstić information content (AvgIpc) is 2.60. The van der Waals surface area contributed by atoms with E-state index in [0.29, 0.717) is 0 Å². The second kappa shape index (κ2) is 11.3. The molecular formula is C13H30N2O10. The second-order valence-corrected chi connectivity index (χ2v) is 5.82. The fraction of sp³-hybridized carbons (Fsp3) is 1.00. The summed E-state index contributed by atoms with van der Waals surface area (Å²) in [7, 11) is 0. The van der Waals surface area contributed by atoms with Crippen molar-refractivity contribution in [2.75, 3.05) is 13.2 Å². The van der Waals surface area contributed by atoms with Crippen molar-refractivity contribution in [1.82, 2.24) is 0 Å². The molecule has 0 radical (unpaired) electrons. The lowest BCUT2D eigenvalue weighted by atomic mass is 9.98. The first-order valence-corrected chi connectivity index (χ1v) is 7.66. The number of hydrogen-bond acceptors (Lipinski definition) is 12. The van der Waals surface area contributed by atoms with Crippen molar-refractivity contribution in [2.45, 2.75) is 68.1 Å². The summed E-state index contributed by atoms with van der Waals surface area (Å²) in [5.74, 6) is 0. The van der Waals surface area contributed by atoms with E-state index in [1.807, 2.05) is 0 Å². The molecule has 12 heteroatoms. The Kier molecular flexibility index (Phi) is 11.1. The van der Waals surface area contributed by atoms with Crippen LogP contribution in [0.2, 0.25) is 0 Å². The topological polar surface area (TPSA) is 243 Å². The molecule has 1 saturated heterocycles. The maximum atomic E-state index is 9.20. The number of ether oxygens (including phenoxy) is 1. The zero-order valence-electron chi connectivity index (χ0n) is 13.8. The van der Waals surface area contributed by atoms with Gasteiger partial charge in [0.1, 0.15) is 36.6 Å². The van der Waals surface area contributed by atoms with Gasteiger partial charge in [-0.1, -0.05) is 0 Å². The van der Waals surface area contributed by atoms with E-state index in [-0.39, 0.29) is 6.54 Å². The highest BCUT2D eigenvalue weighted by atomic mass is 16.6. The Bertz CT molecular complexity index is 359. The molecule has 13 N–H and O–H groups in total. The SMILES string of the molecule is CC(O)C(O)C(O)C(O)C(O)CN.N[C@@H]1[C@@H](O)[C@H](O)[C@@H](CO)O[C@H]1O. The number of aliphatic hydroxyl groups excluding tert-OH is 9. The molecule has 1 aliphatic heterocycles. The molecule has 1 aliphatic rings. The van der Waals surface area contributed by atoms with E-state index in [1.54, 1.807) is 0 Å². The van der Waals surface area contributed by atoms with E-state index >= 15 is 0 Å². The minimum atomic E-state index is -1.61. The highest BCUT2D eigenvalue weighted by Gasteiger charge is 2.41. The number of aliphatic hydroxyl groups is 9. The van der Waals surface area contributed by atoms with Gasteiger partial charge in [0.2, 0.25) is 0 Å². The van der Waals surface area contributed by atoms with Crippen LogP contribution in [0.4, 0.5) is 0 Å². The third kappa shape index (κ3) is 6.97. The third-order valence-electron chi connectivity index (χ3n) is 3.78.